The van der Waals surface area contributed by atoms with Crippen LogP contribution in [0.1, 0.15) is 0 Å². The summed E-state index contributed by atoms with van der Waals surface area (Å²) in [4.78, 5) is 4.57. The smallest absolute Gasteiger partial charge is 0.219 e. The Morgan fingerprint density at radius 2 is 1.46 bits per heavy atom. The molecule has 5 nitrogen and oxygen atoms in total. The van der Waals surface area contributed by atoms with E-state index in [1.165, 1.54) is 0 Å². The first kappa shape index (κ1) is 17.7. The predicted molar refractivity (Wildman–Crippen MR) is 111 cm³/mol. The minimum atomic E-state index is 0.485. The summed E-state index contributed by atoms with van der Waals surface area (Å²) in [5.74, 6) is 2.46. The lowest BCUT2D eigenvalue weighted by molar-refractivity contribution is 0.375. The molecule has 0 atom stereocenters. The Kier molecular flexibility index (Phi) is 4.72. The molecule has 0 saturated carbocycles. The average molecular weight is 372 g/mol. The number of rotatable bonds is 5. The SMILES string of the molecule is COc1ccc2ccc(Oc3ccc(-c4ccc(N)cc4)cc3OC)nc2c1. The van der Waals surface area contributed by atoms with Gasteiger partial charge in [-0.25, -0.2) is 4.98 Å². The van der Waals surface area contributed by atoms with E-state index in [9.17, 15) is 0 Å². The molecule has 5 heteroatoms. The summed E-state index contributed by atoms with van der Waals surface area (Å²) in [6.45, 7) is 0. The second kappa shape index (κ2) is 7.48. The number of methoxy groups -OCH3 is 2. The summed E-state index contributed by atoms with van der Waals surface area (Å²) in [5.41, 5.74) is 9.37. The van der Waals surface area contributed by atoms with E-state index in [1.54, 1.807) is 14.2 Å². The number of hydrogen-bond donors (Lipinski definition) is 1. The number of aromatic nitrogens is 1. The Morgan fingerprint density at radius 3 is 2.21 bits per heavy atom. The molecule has 28 heavy (non-hydrogen) atoms. The highest BCUT2D eigenvalue weighted by molar-refractivity contribution is 5.80. The molecule has 140 valence electrons. The number of pyridine rings is 1. The summed E-state index contributed by atoms with van der Waals surface area (Å²) >= 11 is 0. The molecule has 0 fully saturated rings. The fraction of sp³-hybridized carbons (Fsp3) is 0.0870. The molecule has 2 N–H and O–H groups in total. The first-order valence-corrected chi connectivity index (χ1v) is 8.83. The number of anilines is 1. The standard InChI is InChI=1S/C23H20N2O3/c1-26-19-10-5-16-7-12-23(25-20(16)14-19)28-21-11-6-17(13-22(21)27-2)15-3-8-18(24)9-4-15/h3-14H,24H2,1-2H3. The second-order valence-corrected chi connectivity index (χ2v) is 6.30. The van der Waals surface area contributed by atoms with Crippen molar-refractivity contribution >= 4 is 16.6 Å². The Balaban J connectivity index is 1.65. The molecule has 0 aliphatic heterocycles. The molecule has 1 heterocycles. The molecule has 0 aliphatic rings. The Hall–Kier alpha value is -3.73. The predicted octanol–water partition coefficient (Wildman–Crippen LogP) is 5.29. The van der Waals surface area contributed by atoms with Gasteiger partial charge in [-0.05, 0) is 53.6 Å². The van der Waals surface area contributed by atoms with Crippen molar-refractivity contribution in [3.63, 3.8) is 0 Å². The molecular weight excluding hydrogens is 352 g/mol. The quantitative estimate of drug-likeness (QED) is 0.482. The minimum Gasteiger partial charge on any atom is -0.497 e. The molecule has 0 spiro atoms. The summed E-state index contributed by atoms with van der Waals surface area (Å²) in [6.07, 6.45) is 0. The van der Waals surface area contributed by atoms with E-state index in [2.05, 4.69) is 4.98 Å². The lowest BCUT2D eigenvalue weighted by Crippen LogP contribution is -1.93. The zero-order valence-electron chi connectivity index (χ0n) is 15.7. The van der Waals surface area contributed by atoms with Gasteiger partial charge in [-0.15, -0.1) is 0 Å². The van der Waals surface area contributed by atoms with E-state index in [4.69, 9.17) is 19.9 Å². The van der Waals surface area contributed by atoms with Crippen molar-refractivity contribution in [2.75, 3.05) is 20.0 Å². The minimum absolute atomic E-state index is 0.485. The molecule has 1 aromatic heterocycles. The van der Waals surface area contributed by atoms with E-state index < -0.39 is 0 Å². The molecular formula is C23H20N2O3. The van der Waals surface area contributed by atoms with Crippen LogP contribution in [0.5, 0.6) is 23.1 Å². The van der Waals surface area contributed by atoms with Crippen molar-refractivity contribution in [3.8, 4) is 34.3 Å². The zero-order chi connectivity index (χ0) is 19.5. The van der Waals surface area contributed by atoms with Gasteiger partial charge in [0.2, 0.25) is 5.88 Å². The maximum atomic E-state index is 6.00. The fourth-order valence-corrected chi connectivity index (χ4v) is 2.98. The van der Waals surface area contributed by atoms with Gasteiger partial charge in [0.1, 0.15) is 5.75 Å². The molecule has 4 aromatic rings. The topological polar surface area (TPSA) is 66.6 Å². The average Bonchev–Trinajstić information content (AvgIpc) is 2.74. The summed E-state index contributed by atoms with van der Waals surface area (Å²) in [5, 5.41) is 1.01. The van der Waals surface area contributed by atoms with Gasteiger partial charge < -0.3 is 19.9 Å². The first-order chi connectivity index (χ1) is 13.7. The Morgan fingerprint density at radius 1 is 0.714 bits per heavy atom. The van der Waals surface area contributed by atoms with E-state index in [0.29, 0.717) is 17.4 Å². The van der Waals surface area contributed by atoms with Gasteiger partial charge in [-0.1, -0.05) is 18.2 Å². The van der Waals surface area contributed by atoms with Crippen LogP contribution in [0.15, 0.2) is 72.8 Å². The first-order valence-electron chi connectivity index (χ1n) is 8.83. The van der Waals surface area contributed by atoms with Crippen LogP contribution in [-0.4, -0.2) is 19.2 Å². The van der Waals surface area contributed by atoms with Crippen molar-refractivity contribution < 1.29 is 14.2 Å². The summed E-state index contributed by atoms with van der Waals surface area (Å²) in [7, 11) is 3.25. The van der Waals surface area contributed by atoms with Gasteiger partial charge in [0, 0.05) is 23.2 Å². The van der Waals surface area contributed by atoms with Crippen LogP contribution in [-0.2, 0) is 0 Å². The van der Waals surface area contributed by atoms with E-state index in [1.807, 2.05) is 72.8 Å². The number of nitrogen functional groups attached to an aromatic ring is 1. The van der Waals surface area contributed by atoms with Crippen molar-refractivity contribution in [3.05, 3.63) is 72.8 Å². The Bertz CT molecular complexity index is 1120. The van der Waals surface area contributed by atoms with Crippen LogP contribution in [0.2, 0.25) is 0 Å². The third-order valence-corrected chi connectivity index (χ3v) is 4.50. The molecule has 0 bridgehead atoms. The van der Waals surface area contributed by atoms with Gasteiger partial charge in [-0.2, -0.15) is 0 Å². The second-order valence-electron chi connectivity index (χ2n) is 6.30. The number of nitrogens with two attached hydrogens (primary N) is 1. The summed E-state index contributed by atoms with van der Waals surface area (Å²) in [6, 6.07) is 23.0. The third kappa shape index (κ3) is 3.55. The van der Waals surface area contributed by atoms with Crippen LogP contribution in [0.25, 0.3) is 22.0 Å². The van der Waals surface area contributed by atoms with Gasteiger partial charge in [0.25, 0.3) is 0 Å². The van der Waals surface area contributed by atoms with Crippen LogP contribution < -0.4 is 19.9 Å². The number of fused-ring (bicyclic) bond motifs is 1. The largest absolute Gasteiger partial charge is 0.497 e. The fourth-order valence-electron chi connectivity index (χ4n) is 2.98. The molecule has 0 radical (unpaired) electrons. The maximum absolute atomic E-state index is 6.00. The number of benzene rings is 3. The Labute approximate surface area is 163 Å². The number of hydrogen-bond acceptors (Lipinski definition) is 5. The molecule has 0 aliphatic carbocycles. The van der Waals surface area contributed by atoms with E-state index >= 15 is 0 Å². The van der Waals surface area contributed by atoms with Gasteiger partial charge >= 0.3 is 0 Å². The highest BCUT2D eigenvalue weighted by atomic mass is 16.5. The van der Waals surface area contributed by atoms with Gasteiger partial charge in [0.15, 0.2) is 11.5 Å². The highest BCUT2D eigenvalue weighted by Gasteiger charge is 2.10. The van der Waals surface area contributed by atoms with E-state index in [0.717, 1.165) is 33.5 Å². The number of ether oxygens (including phenoxy) is 3. The molecule has 0 amide bonds. The number of nitrogens with zero attached hydrogens (tertiary/aromatic N) is 1. The van der Waals surface area contributed by atoms with Gasteiger partial charge in [-0.3, -0.25) is 0 Å². The van der Waals surface area contributed by atoms with E-state index in [-0.39, 0.29) is 0 Å². The highest BCUT2D eigenvalue weighted by Crippen LogP contribution is 2.35. The lowest BCUT2D eigenvalue weighted by Gasteiger charge is -2.12. The van der Waals surface area contributed by atoms with Crippen molar-refractivity contribution in [2.45, 2.75) is 0 Å². The van der Waals surface area contributed by atoms with Crippen LogP contribution in [0, 0.1) is 0 Å². The van der Waals surface area contributed by atoms with Crippen LogP contribution in [0.3, 0.4) is 0 Å². The molecule has 0 unspecified atom stereocenters. The summed E-state index contributed by atoms with van der Waals surface area (Å²) < 4.78 is 16.8. The molecule has 4 rings (SSSR count). The lowest BCUT2D eigenvalue weighted by atomic mass is 10.0. The van der Waals surface area contributed by atoms with Crippen LogP contribution >= 0.6 is 0 Å². The zero-order valence-corrected chi connectivity index (χ0v) is 15.7. The third-order valence-electron chi connectivity index (χ3n) is 4.50. The van der Waals surface area contributed by atoms with Crippen molar-refractivity contribution in [1.82, 2.24) is 4.98 Å². The van der Waals surface area contributed by atoms with Crippen LogP contribution in [0.4, 0.5) is 5.69 Å². The maximum Gasteiger partial charge on any atom is 0.219 e. The molecule has 3 aromatic carbocycles. The normalized spacial score (nSPS) is 10.6. The van der Waals surface area contributed by atoms with Gasteiger partial charge in [0.05, 0.1) is 19.7 Å². The van der Waals surface area contributed by atoms with Crippen molar-refractivity contribution in [1.29, 1.82) is 0 Å². The van der Waals surface area contributed by atoms with Crippen molar-refractivity contribution in [2.24, 2.45) is 0 Å². The monoisotopic (exact) mass is 372 g/mol. The molecule has 0 saturated heterocycles.